The Labute approximate surface area is 115 Å². The maximum absolute atomic E-state index is 13.2. The maximum atomic E-state index is 13.2. The van der Waals surface area contributed by atoms with Crippen LogP contribution in [0.25, 0.3) is 0 Å². The van der Waals surface area contributed by atoms with Crippen LogP contribution in [-0.4, -0.2) is 16.3 Å². The molecule has 0 aliphatic heterocycles. The highest BCUT2D eigenvalue weighted by Gasteiger charge is 2.30. The third kappa shape index (κ3) is 3.69. The van der Waals surface area contributed by atoms with Gasteiger partial charge in [-0.25, -0.2) is 8.78 Å². The van der Waals surface area contributed by atoms with Gasteiger partial charge in [0.15, 0.2) is 11.6 Å². The van der Waals surface area contributed by atoms with E-state index in [2.05, 4.69) is 0 Å². The van der Waals surface area contributed by atoms with Crippen LogP contribution in [0.15, 0.2) is 23.1 Å². The molecule has 0 heterocycles. The smallest absolute Gasteiger partial charge is 0.307 e. The van der Waals surface area contributed by atoms with Crippen LogP contribution in [0, 0.1) is 17.6 Å². The van der Waals surface area contributed by atoms with Crippen molar-refractivity contribution in [3.8, 4) is 0 Å². The van der Waals surface area contributed by atoms with Gasteiger partial charge < -0.3 is 5.11 Å². The maximum Gasteiger partial charge on any atom is 0.307 e. The Bertz CT molecular complexity index is 465. The summed E-state index contributed by atoms with van der Waals surface area (Å²) in [6, 6.07) is 3.74. The number of rotatable bonds is 3. The summed E-state index contributed by atoms with van der Waals surface area (Å²) < 4.78 is 26.0. The minimum atomic E-state index is -0.884. The number of carboxylic acid groups (broad SMARTS) is 1. The van der Waals surface area contributed by atoms with Gasteiger partial charge in [0.1, 0.15) is 0 Å². The van der Waals surface area contributed by atoms with E-state index in [1.54, 1.807) is 0 Å². The molecule has 1 saturated carbocycles. The quantitative estimate of drug-likeness (QED) is 0.850. The Kier molecular flexibility index (Phi) is 4.80. The third-order valence-corrected chi connectivity index (χ3v) is 4.84. The normalized spacial score (nSPS) is 23.9. The van der Waals surface area contributed by atoms with Crippen molar-refractivity contribution < 1.29 is 18.7 Å². The molecule has 2 unspecified atom stereocenters. The molecule has 0 spiro atoms. The van der Waals surface area contributed by atoms with Crippen molar-refractivity contribution in [3.05, 3.63) is 29.8 Å². The molecular formula is C14H16F2O2S. The van der Waals surface area contributed by atoms with Crippen LogP contribution in [-0.2, 0) is 4.79 Å². The number of halogens is 2. The largest absolute Gasteiger partial charge is 0.481 e. The zero-order chi connectivity index (χ0) is 13.8. The second kappa shape index (κ2) is 6.37. The highest BCUT2D eigenvalue weighted by Crippen LogP contribution is 2.37. The molecular weight excluding hydrogens is 270 g/mol. The molecule has 1 aromatic carbocycles. The first-order chi connectivity index (χ1) is 9.08. The molecule has 2 atom stereocenters. The highest BCUT2D eigenvalue weighted by atomic mass is 32.2. The second-order valence-electron chi connectivity index (χ2n) is 4.81. The summed E-state index contributed by atoms with van der Waals surface area (Å²) in [4.78, 5) is 11.9. The minimum absolute atomic E-state index is 0.0649. The molecule has 104 valence electrons. The summed E-state index contributed by atoms with van der Waals surface area (Å²) in [5.41, 5.74) is 0. The van der Waals surface area contributed by atoms with Gasteiger partial charge in [0.2, 0.25) is 0 Å². The first kappa shape index (κ1) is 14.3. The van der Waals surface area contributed by atoms with Crippen molar-refractivity contribution >= 4 is 17.7 Å². The van der Waals surface area contributed by atoms with Crippen LogP contribution < -0.4 is 0 Å². The molecule has 1 aromatic rings. The third-order valence-electron chi connectivity index (χ3n) is 3.45. The average Bonchev–Trinajstić information content (AvgIpc) is 2.59. The van der Waals surface area contributed by atoms with Gasteiger partial charge in [0.25, 0.3) is 0 Å². The summed E-state index contributed by atoms with van der Waals surface area (Å²) >= 11 is 1.35. The number of hydrogen-bond acceptors (Lipinski definition) is 2. The summed E-state index contributed by atoms with van der Waals surface area (Å²) in [5, 5.41) is 9.20. The van der Waals surface area contributed by atoms with Gasteiger partial charge in [-0.1, -0.05) is 19.3 Å². The summed E-state index contributed by atoms with van der Waals surface area (Å²) in [5.74, 6) is -2.95. The fourth-order valence-corrected chi connectivity index (χ4v) is 3.79. The lowest BCUT2D eigenvalue weighted by Crippen LogP contribution is -2.24. The van der Waals surface area contributed by atoms with Gasteiger partial charge in [-0.2, -0.15) is 0 Å². The zero-order valence-electron chi connectivity index (χ0n) is 10.4. The van der Waals surface area contributed by atoms with Crippen molar-refractivity contribution in [2.24, 2.45) is 5.92 Å². The Morgan fingerprint density at radius 2 is 1.89 bits per heavy atom. The average molecular weight is 286 g/mol. The van der Waals surface area contributed by atoms with E-state index >= 15 is 0 Å². The summed E-state index contributed by atoms with van der Waals surface area (Å²) in [7, 11) is 0. The van der Waals surface area contributed by atoms with Gasteiger partial charge in [-0.05, 0) is 31.0 Å². The molecule has 0 radical (unpaired) electrons. The summed E-state index contributed by atoms with van der Waals surface area (Å²) in [6.45, 7) is 0. The number of thioether (sulfide) groups is 1. The van der Waals surface area contributed by atoms with Crippen LogP contribution in [0.1, 0.15) is 32.1 Å². The number of carbonyl (C=O) groups is 1. The topological polar surface area (TPSA) is 37.3 Å². The van der Waals surface area contributed by atoms with Crippen LogP contribution in [0.2, 0.25) is 0 Å². The number of aliphatic carboxylic acids is 1. The predicted octanol–water partition coefficient (Wildman–Crippen LogP) is 4.09. The van der Waals surface area contributed by atoms with Crippen molar-refractivity contribution in [2.75, 3.05) is 0 Å². The lowest BCUT2D eigenvalue weighted by molar-refractivity contribution is -0.141. The molecule has 1 aliphatic carbocycles. The predicted molar refractivity (Wildman–Crippen MR) is 70.2 cm³/mol. The Balaban J connectivity index is 2.13. The van der Waals surface area contributed by atoms with E-state index in [1.807, 2.05) is 0 Å². The Morgan fingerprint density at radius 1 is 1.16 bits per heavy atom. The van der Waals surface area contributed by atoms with E-state index in [-0.39, 0.29) is 5.25 Å². The highest BCUT2D eigenvalue weighted by molar-refractivity contribution is 8.00. The standard InChI is InChI=1S/C14H16F2O2S/c15-11-7-6-9(8-12(11)16)19-13-5-3-1-2-4-10(13)14(17)18/h6-8,10,13H,1-5H2,(H,17,18). The SMILES string of the molecule is O=C(O)C1CCCCCC1Sc1ccc(F)c(F)c1. The molecule has 1 N–H and O–H groups in total. The van der Waals surface area contributed by atoms with Crippen molar-refractivity contribution in [1.29, 1.82) is 0 Å². The fraction of sp³-hybridized carbons (Fsp3) is 0.500. The van der Waals surface area contributed by atoms with Gasteiger partial charge >= 0.3 is 5.97 Å². The van der Waals surface area contributed by atoms with E-state index in [0.29, 0.717) is 11.3 Å². The van der Waals surface area contributed by atoms with Gasteiger partial charge in [-0.15, -0.1) is 11.8 Å². The van der Waals surface area contributed by atoms with Crippen LogP contribution >= 0.6 is 11.8 Å². The first-order valence-corrected chi connectivity index (χ1v) is 7.30. The molecule has 2 nitrogen and oxygen atoms in total. The number of carboxylic acids is 1. The monoisotopic (exact) mass is 286 g/mol. The van der Waals surface area contributed by atoms with Crippen molar-refractivity contribution in [1.82, 2.24) is 0 Å². The molecule has 0 aromatic heterocycles. The molecule has 0 amide bonds. The van der Waals surface area contributed by atoms with Crippen LogP contribution in [0.3, 0.4) is 0 Å². The second-order valence-corrected chi connectivity index (χ2v) is 6.13. The molecule has 1 fully saturated rings. The molecule has 5 heteroatoms. The molecule has 2 rings (SSSR count). The fourth-order valence-electron chi connectivity index (χ4n) is 2.42. The van der Waals surface area contributed by atoms with E-state index in [4.69, 9.17) is 0 Å². The Morgan fingerprint density at radius 3 is 2.58 bits per heavy atom. The van der Waals surface area contributed by atoms with E-state index in [1.165, 1.54) is 17.8 Å². The van der Waals surface area contributed by atoms with Crippen LogP contribution in [0.5, 0.6) is 0 Å². The number of benzene rings is 1. The number of hydrogen-bond donors (Lipinski definition) is 1. The molecule has 0 bridgehead atoms. The molecule has 0 saturated heterocycles. The van der Waals surface area contributed by atoms with Crippen LogP contribution in [0.4, 0.5) is 8.78 Å². The molecule has 19 heavy (non-hydrogen) atoms. The minimum Gasteiger partial charge on any atom is -0.481 e. The lowest BCUT2D eigenvalue weighted by atomic mass is 10.0. The van der Waals surface area contributed by atoms with Gasteiger partial charge in [-0.3, -0.25) is 4.79 Å². The first-order valence-electron chi connectivity index (χ1n) is 6.42. The van der Waals surface area contributed by atoms with E-state index in [9.17, 15) is 18.7 Å². The Hall–Kier alpha value is -1.10. The van der Waals surface area contributed by atoms with Crippen molar-refractivity contribution in [3.63, 3.8) is 0 Å². The van der Waals surface area contributed by atoms with Crippen molar-refractivity contribution in [2.45, 2.75) is 42.2 Å². The van der Waals surface area contributed by atoms with E-state index < -0.39 is 23.5 Å². The lowest BCUT2D eigenvalue weighted by Gasteiger charge is -2.21. The zero-order valence-corrected chi connectivity index (χ0v) is 11.3. The van der Waals surface area contributed by atoms with E-state index in [0.717, 1.165) is 37.8 Å². The molecule has 1 aliphatic rings. The summed E-state index contributed by atoms with van der Waals surface area (Å²) in [6.07, 6.45) is 4.42. The van der Waals surface area contributed by atoms with Gasteiger partial charge in [0.05, 0.1) is 5.92 Å². The van der Waals surface area contributed by atoms with Gasteiger partial charge in [0, 0.05) is 10.1 Å².